The molecule has 2 fully saturated rings. The molecule has 2 atom stereocenters. The van der Waals surface area contributed by atoms with Gasteiger partial charge in [0.25, 0.3) is 5.91 Å². The number of nitrogens with zero attached hydrogens (tertiary/aromatic N) is 1. The van der Waals surface area contributed by atoms with Crippen molar-refractivity contribution in [3.8, 4) is 0 Å². The highest BCUT2D eigenvalue weighted by Crippen LogP contribution is 2.36. The Morgan fingerprint density at radius 3 is 3.00 bits per heavy atom. The molecule has 0 aromatic heterocycles. The predicted molar refractivity (Wildman–Crippen MR) is 80.2 cm³/mol. The van der Waals surface area contributed by atoms with Crippen LogP contribution in [0, 0.1) is 11.6 Å². The highest BCUT2D eigenvalue weighted by molar-refractivity contribution is 5.94. The molecule has 126 valence electrons. The molecule has 2 aliphatic heterocycles. The van der Waals surface area contributed by atoms with E-state index >= 15 is 0 Å². The molecule has 0 N–H and O–H groups in total. The standard InChI is InChI=1S/C17H21F2NO3/c1-2-22-13-9-17(23-10-13)6-3-7-20(11-17)16(21)12-4-5-14(18)15(19)8-12/h4-5,8,13H,2-3,6-7,9-11H2,1H3/t13-,17-/m0/s1. The van der Waals surface area contributed by atoms with E-state index in [0.29, 0.717) is 26.3 Å². The molecule has 0 unspecified atom stereocenters. The molecular formula is C17H21F2NO3. The SMILES string of the molecule is CCO[C@@H]1CO[C@@]2(CCCN(C(=O)c3ccc(F)c(F)c3)C2)C1. The summed E-state index contributed by atoms with van der Waals surface area (Å²) < 4.78 is 37.9. The molecule has 1 aromatic carbocycles. The summed E-state index contributed by atoms with van der Waals surface area (Å²) in [6.07, 6.45) is 2.55. The van der Waals surface area contributed by atoms with Gasteiger partial charge in [0.1, 0.15) is 0 Å². The van der Waals surface area contributed by atoms with Crippen LogP contribution in [0.15, 0.2) is 18.2 Å². The first kappa shape index (κ1) is 16.3. The van der Waals surface area contributed by atoms with E-state index in [4.69, 9.17) is 9.47 Å². The Kier molecular flexibility index (Phi) is 4.64. The van der Waals surface area contributed by atoms with Crippen LogP contribution in [0.3, 0.4) is 0 Å². The predicted octanol–water partition coefficient (Wildman–Crippen LogP) is 2.77. The van der Waals surface area contributed by atoms with Gasteiger partial charge in [0.05, 0.1) is 24.9 Å². The largest absolute Gasteiger partial charge is 0.376 e. The fourth-order valence-corrected chi connectivity index (χ4v) is 3.51. The van der Waals surface area contributed by atoms with Gasteiger partial charge in [-0.2, -0.15) is 0 Å². The van der Waals surface area contributed by atoms with Crippen molar-refractivity contribution in [2.75, 3.05) is 26.3 Å². The lowest BCUT2D eigenvalue weighted by atomic mass is 9.89. The Hall–Kier alpha value is -1.53. The van der Waals surface area contributed by atoms with E-state index in [0.717, 1.165) is 31.4 Å². The van der Waals surface area contributed by atoms with E-state index in [-0.39, 0.29) is 23.2 Å². The van der Waals surface area contributed by atoms with Crippen LogP contribution in [-0.4, -0.2) is 48.8 Å². The normalized spacial score (nSPS) is 27.6. The lowest BCUT2D eigenvalue weighted by Crippen LogP contribution is -2.50. The number of benzene rings is 1. The second kappa shape index (κ2) is 6.53. The molecule has 23 heavy (non-hydrogen) atoms. The minimum Gasteiger partial charge on any atom is -0.376 e. The number of ether oxygens (including phenoxy) is 2. The van der Waals surface area contributed by atoms with E-state index in [2.05, 4.69) is 0 Å². The second-order valence-corrected chi connectivity index (χ2v) is 6.23. The van der Waals surface area contributed by atoms with Crippen LogP contribution in [0.5, 0.6) is 0 Å². The van der Waals surface area contributed by atoms with Crippen LogP contribution in [0.4, 0.5) is 8.78 Å². The highest BCUT2D eigenvalue weighted by atomic mass is 19.2. The molecule has 6 heteroatoms. The Balaban J connectivity index is 1.71. The van der Waals surface area contributed by atoms with Crippen LogP contribution >= 0.6 is 0 Å². The molecule has 0 radical (unpaired) electrons. The van der Waals surface area contributed by atoms with Gasteiger partial charge >= 0.3 is 0 Å². The van der Waals surface area contributed by atoms with Crippen molar-refractivity contribution in [1.82, 2.24) is 4.90 Å². The third kappa shape index (κ3) is 3.38. The van der Waals surface area contributed by atoms with Crippen molar-refractivity contribution < 1.29 is 23.0 Å². The fraction of sp³-hybridized carbons (Fsp3) is 0.588. The third-order valence-electron chi connectivity index (χ3n) is 4.57. The van der Waals surface area contributed by atoms with Gasteiger partial charge in [-0.25, -0.2) is 8.78 Å². The minimum absolute atomic E-state index is 0.0679. The molecule has 1 amide bonds. The van der Waals surface area contributed by atoms with Gasteiger partial charge in [-0.1, -0.05) is 0 Å². The number of hydrogen-bond donors (Lipinski definition) is 0. The van der Waals surface area contributed by atoms with E-state index < -0.39 is 11.6 Å². The molecule has 0 aliphatic carbocycles. The number of rotatable bonds is 3. The summed E-state index contributed by atoms with van der Waals surface area (Å²) in [5.41, 5.74) is -0.202. The average molecular weight is 325 g/mol. The van der Waals surface area contributed by atoms with Gasteiger partial charge in [-0.15, -0.1) is 0 Å². The van der Waals surface area contributed by atoms with Crippen molar-refractivity contribution in [1.29, 1.82) is 0 Å². The molecule has 2 aliphatic rings. The lowest BCUT2D eigenvalue weighted by molar-refractivity contribution is -0.0462. The summed E-state index contributed by atoms with van der Waals surface area (Å²) in [6, 6.07) is 3.26. The Morgan fingerprint density at radius 1 is 1.43 bits per heavy atom. The maximum Gasteiger partial charge on any atom is 0.254 e. The van der Waals surface area contributed by atoms with E-state index in [1.54, 1.807) is 4.90 Å². The number of carbonyl (C=O) groups excluding carboxylic acids is 1. The quantitative estimate of drug-likeness (QED) is 0.858. The molecule has 2 heterocycles. The monoisotopic (exact) mass is 325 g/mol. The number of halogens is 2. The Morgan fingerprint density at radius 2 is 2.26 bits per heavy atom. The summed E-state index contributed by atoms with van der Waals surface area (Å²) in [5.74, 6) is -2.24. The zero-order chi connectivity index (χ0) is 16.4. The van der Waals surface area contributed by atoms with Gasteiger partial charge in [0.15, 0.2) is 11.6 Å². The van der Waals surface area contributed by atoms with E-state index in [1.165, 1.54) is 6.07 Å². The Labute approximate surface area is 134 Å². The second-order valence-electron chi connectivity index (χ2n) is 6.23. The van der Waals surface area contributed by atoms with Gasteiger partial charge in [-0.05, 0) is 38.0 Å². The highest BCUT2D eigenvalue weighted by Gasteiger charge is 2.44. The van der Waals surface area contributed by atoms with Crippen molar-refractivity contribution in [2.45, 2.75) is 37.9 Å². The molecule has 0 saturated carbocycles. The number of amides is 1. The van der Waals surface area contributed by atoms with Crippen LogP contribution in [0.25, 0.3) is 0 Å². The van der Waals surface area contributed by atoms with Crippen LogP contribution < -0.4 is 0 Å². The van der Waals surface area contributed by atoms with Crippen molar-refractivity contribution in [3.63, 3.8) is 0 Å². The van der Waals surface area contributed by atoms with Crippen LogP contribution in [-0.2, 0) is 9.47 Å². The number of likely N-dealkylation sites (tertiary alicyclic amines) is 1. The lowest BCUT2D eigenvalue weighted by Gasteiger charge is -2.39. The maximum atomic E-state index is 13.4. The topological polar surface area (TPSA) is 38.8 Å². The average Bonchev–Trinajstić information content (AvgIpc) is 2.92. The first-order valence-corrected chi connectivity index (χ1v) is 8.03. The summed E-state index contributed by atoms with van der Waals surface area (Å²) in [4.78, 5) is 14.2. The molecule has 3 rings (SSSR count). The minimum atomic E-state index is -1.00. The molecule has 2 saturated heterocycles. The zero-order valence-corrected chi connectivity index (χ0v) is 13.2. The first-order valence-electron chi connectivity index (χ1n) is 8.03. The van der Waals surface area contributed by atoms with Crippen molar-refractivity contribution >= 4 is 5.91 Å². The molecular weight excluding hydrogens is 304 g/mol. The number of piperidine rings is 1. The maximum absolute atomic E-state index is 13.4. The fourth-order valence-electron chi connectivity index (χ4n) is 3.51. The van der Waals surface area contributed by atoms with E-state index in [9.17, 15) is 13.6 Å². The third-order valence-corrected chi connectivity index (χ3v) is 4.57. The van der Waals surface area contributed by atoms with Crippen molar-refractivity contribution in [2.24, 2.45) is 0 Å². The van der Waals surface area contributed by atoms with Gasteiger partial charge in [-0.3, -0.25) is 4.79 Å². The Bertz CT molecular complexity index is 595. The molecule has 0 bridgehead atoms. The van der Waals surface area contributed by atoms with Crippen LogP contribution in [0.2, 0.25) is 0 Å². The van der Waals surface area contributed by atoms with Gasteiger partial charge in [0, 0.05) is 25.1 Å². The zero-order valence-electron chi connectivity index (χ0n) is 13.2. The molecule has 1 spiro atoms. The van der Waals surface area contributed by atoms with Crippen molar-refractivity contribution in [3.05, 3.63) is 35.4 Å². The number of hydrogen-bond acceptors (Lipinski definition) is 3. The summed E-state index contributed by atoms with van der Waals surface area (Å²) in [6.45, 7) is 4.20. The molecule has 1 aromatic rings. The summed E-state index contributed by atoms with van der Waals surface area (Å²) in [7, 11) is 0. The summed E-state index contributed by atoms with van der Waals surface area (Å²) in [5, 5.41) is 0. The molecule has 4 nitrogen and oxygen atoms in total. The van der Waals surface area contributed by atoms with Crippen LogP contribution in [0.1, 0.15) is 36.5 Å². The van der Waals surface area contributed by atoms with Gasteiger partial charge in [0.2, 0.25) is 0 Å². The number of carbonyl (C=O) groups is 1. The first-order chi connectivity index (χ1) is 11.0. The smallest absolute Gasteiger partial charge is 0.254 e. The summed E-state index contributed by atoms with van der Waals surface area (Å²) >= 11 is 0. The van der Waals surface area contributed by atoms with Gasteiger partial charge < -0.3 is 14.4 Å². The van der Waals surface area contributed by atoms with E-state index in [1.807, 2.05) is 6.92 Å².